The van der Waals surface area contributed by atoms with Crippen LogP contribution in [0.5, 0.6) is 0 Å². The number of nitrogens with zero attached hydrogens (tertiary/aromatic N) is 5. The van der Waals surface area contributed by atoms with Crippen LogP contribution < -0.4 is 22.1 Å². The Morgan fingerprint density at radius 1 is 1.15 bits per heavy atom. The lowest BCUT2D eigenvalue weighted by Crippen LogP contribution is -2.33. The number of nitrogen functional groups attached to an aromatic ring is 2. The first-order chi connectivity index (χ1) is 15.7. The molecule has 33 heavy (non-hydrogen) atoms. The van der Waals surface area contributed by atoms with Gasteiger partial charge in [0, 0.05) is 25.2 Å². The molecule has 1 aromatic carbocycles. The largest absolute Gasteiger partial charge is 0.397 e. The fourth-order valence-electron chi connectivity index (χ4n) is 4.18. The van der Waals surface area contributed by atoms with Crippen LogP contribution >= 0.6 is 0 Å². The highest BCUT2D eigenvalue weighted by molar-refractivity contribution is 5.98. The molecule has 0 spiro atoms. The van der Waals surface area contributed by atoms with E-state index >= 15 is 0 Å². The van der Waals surface area contributed by atoms with Gasteiger partial charge in [-0.2, -0.15) is 10.5 Å². The fourth-order valence-corrected chi connectivity index (χ4v) is 4.18. The van der Waals surface area contributed by atoms with E-state index in [-0.39, 0.29) is 23.0 Å². The van der Waals surface area contributed by atoms with Gasteiger partial charge in [0.05, 0.1) is 5.69 Å². The summed E-state index contributed by atoms with van der Waals surface area (Å²) in [5.74, 6) is 1.79. The molecular weight excluding hydrogens is 414 g/mol. The molecule has 9 nitrogen and oxygen atoms in total. The summed E-state index contributed by atoms with van der Waals surface area (Å²) in [5, 5.41) is 24.1. The Bertz CT molecular complexity index is 1110. The average Bonchev–Trinajstić information content (AvgIpc) is 2.72. The second-order valence-electron chi connectivity index (χ2n) is 9.13. The minimum absolute atomic E-state index is 0.0324. The molecular formula is C24H31N9. The number of aliphatic imine (C=N–C) groups is 1. The van der Waals surface area contributed by atoms with Gasteiger partial charge < -0.3 is 16.8 Å². The van der Waals surface area contributed by atoms with Gasteiger partial charge in [0.15, 0.2) is 6.19 Å². The second-order valence-corrected chi connectivity index (χ2v) is 9.13. The van der Waals surface area contributed by atoms with Crippen LogP contribution in [-0.4, -0.2) is 28.9 Å². The van der Waals surface area contributed by atoms with Crippen LogP contribution in [0.15, 0.2) is 29.3 Å². The number of nitrogens with two attached hydrogens (primary N) is 2. The van der Waals surface area contributed by atoms with Crippen molar-refractivity contribution in [2.75, 3.05) is 29.9 Å². The smallest absolute Gasteiger partial charge is 0.211 e. The molecule has 6 N–H and O–H groups in total. The van der Waals surface area contributed by atoms with E-state index in [0.29, 0.717) is 23.2 Å². The van der Waals surface area contributed by atoms with Crippen molar-refractivity contribution in [3.8, 4) is 12.3 Å². The second kappa shape index (κ2) is 10.2. The lowest BCUT2D eigenvalue weighted by atomic mass is 9.94. The van der Waals surface area contributed by atoms with Gasteiger partial charge in [-0.25, -0.2) is 9.98 Å². The van der Waals surface area contributed by atoms with E-state index in [4.69, 9.17) is 16.7 Å². The third-order valence-corrected chi connectivity index (χ3v) is 5.28. The van der Waals surface area contributed by atoms with Crippen molar-refractivity contribution in [3.63, 3.8) is 0 Å². The SMILES string of the molecule is CC(C)CN(Cc1cccc(C2N=C(NC#N)Nc3nc(N)c(C#N)c(N)c32)c1)CC(C)C. The Balaban J connectivity index is 2.04. The first kappa shape index (κ1) is 23.8. The molecule has 0 amide bonds. The molecule has 0 bridgehead atoms. The van der Waals surface area contributed by atoms with Crippen molar-refractivity contribution < 1.29 is 0 Å². The Kier molecular flexibility index (Phi) is 7.37. The summed E-state index contributed by atoms with van der Waals surface area (Å²) in [6.07, 6.45) is 1.87. The van der Waals surface area contributed by atoms with Gasteiger partial charge >= 0.3 is 0 Å². The van der Waals surface area contributed by atoms with Crippen molar-refractivity contribution in [1.82, 2.24) is 15.2 Å². The van der Waals surface area contributed by atoms with Crippen molar-refractivity contribution in [2.24, 2.45) is 16.8 Å². The Hall–Kier alpha value is -3.82. The number of nitrogens with one attached hydrogen (secondary N) is 2. The first-order valence-electron chi connectivity index (χ1n) is 11.0. The van der Waals surface area contributed by atoms with E-state index in [1.165, 1.54) is 0 Å². The summed E-state index contributed by atoms with van der Waals surface area (Å²) >= 11 is 0. The molecule has 2 heterocycles. The summed E-state index contributed by atoms with van der Waals surface area (Å²) < 4.78 is 0. The summed E-state index contributed by atoms with van der Waals surface area (Å²) in [7, 11) is 0. The van der Waals surface area contributed by atoms with E-state index < -0.39 is 6.04 Å². The number of hydrogen-bond donors (Lipinski definition) is 4. The van der Waals surface area contributed by atoms with Gasteiger partial charge in [-0.05, 0) is 23.0 Å². The third-order valence-electron chi connectivity index (χ3n) is 5.28. The van der Waals surface area contributed by atoms with Gasteiger partial charge in [-0.15, -0.1) is 0 Å². The molecule has 0 radical (unpaired) electrons. The number of pyridine rings is 1. The molecule has 1 unspecified atom stereocenters. The molecule has 0 aliphatic carbocycles. The van der Waals surface area contributed by atoms with E-state index in [0.717, 1.165) is 30.8 Å². The highest BCUT2D eigenvalue weighted by Gasteiger charge is 2.29. The topological polar surface area (TPSA) is 152 Å². The molecule has 0 saturated heterocycles. The highest BCUT2D eigenvalue weighted by Crippen LogP contribution is 2.40. The van der Waals surface area contributed by atoms with Gasteiger partial charge in [0.25, 0.3) is 0 Å². The van der Waals surface area contributed by atoms with Crippen molar-refractivity contribution in [1.29, 1.82) is 10.5 Å². The van der Waals surface area contributed by atoms with Crippen LogP contribution in [0.1, 0.15) is 56.0 Å². The molecule has 1 atom stereocenters. The monoisotopic (exact) mass is 445 g/mol. The molecule has 0 saturated carbocycles. The van der Waals surface area contributed by atoms with Gasteiger partial charge in [0.2, 0.25) is 5.96 Å². The van der Waals surface area contributed by atoms with Crippen LogP contribution in [0.4, 0.5) is 17.3 Å². The maximum Gasteiger partial charge on any atom is 0.211 e. The normalized spacial score (nSPS) is 14.9. The average molecular weight is 446 g/mol. The predicted molar refractivity (Wildman–Crippen MR) is 131 cm³/mol. The maximum absolute atomic E-state index is 9.51. The van der Waals surface area contributed by atoms with Gasteiger partial charge in [0.1, 0.15) is 29.3 Å². The number of benzene rings is 1. The summed E-state index contributed by atoms with van der Waals surface area (Å²) in [6.45, 7) is 11.7. The zero-order chi connectivity index (χ0) is 24.1. The van der Waals surface area contributed by atoms with Crippen molar-refractivity contribution >= 4 is 23.3 Å². The molecule has 9 heteroatoms. The number of fused-ring (bicyclic) bond motifs is 1. The minimum Gasteiger partial charge on any atom is -0.397 e. The molecule has 1 aliphatic heterocycles. The van der Waals surface area contributed by atoms with Crippen LogP contribution in [0.3, 0.4) is 0 Å². The Morgan fingerprint density at radius 2 is 1.85 bits per heavy atom. The molecule has 172 valence electrons. The Morgan fingerprint density at radius 3 is 2.45 bits per heavy atom. The number of rotatable bonds is 7. The highest BCUT2D eigenvalue weighted by atomic mass is 15.2. The zero-order valence-electron chi connectivity index (χ0n) is 19.6. The summed E-state index contributed by atoms with van der Waals surface area (Å²) in [6, 6.07) is 9.65. The summed E-state index contributed by atoms with van der Waals surface area (Å²) in [5.41, 5.74) is 15.3. The van der Waals surface area contributed by atoms with Crippen molar-refractivity contribution in [3.05, 3.63) is 46.5 Å². The van der Waals surface area contributed by atoms with Crippen LogP contribution in [0.2, 0.25) is 0 Å². The zero-order valence-corrected chi connectivity index (χ0v) is 19.6. The number of guanidine groups is 1. The molecule has 0 fully saturated rings. The van der Waals surface area contributed by atoms with E-state index in [2.05, 4.69) is 65.3 Å². The van der Waals surface area contributed by atoms with Crippen LogP contribution in [-0.2, 0) is 6.54 Å². The molecule has 2 aromatic rings. The van der Waals surface area contributed by atoms with Gasteiger partial charge in [-0.1, -0.05) is 52.0 Å². The maximum atomic E-state index is 9.51. The number of hydrogen-bond acceptors (Lipinski definition) is 9. The van der Waals surface area contributed by atoms with Crippen LogP contribution in [0.25, 0.3) is 0 Å². The standard InChI is InChI=1S/C24H31N9/c1-14(2)10-33(11-15(3)4)12-16-6-5-7-17(8-16)21-19-20(27)18(9-25)22(28)31-23(19)32-24(30-21)29-13-26/h5-8,14-15,21H,10-12H2,1-4H3,(H6,27,28,29,30,31,32). The van der Waals surface area contributed by atoms with Crippen LogP contribution in [0, 0.1) is 34.6 Å². The lowest BCUT2D eigenvalue weighted by Gasteiger charge is -2.28. The Labute approximate surface area is 195 Å². The number of aromatic nitrogens is 1. The van der Waals surface area contributed by atoms with Gasteiger partial charge in [-0.3, -0.25) is 10.2 Å². The van der Waals surface area contributed by atoms with E-state index in [1.807, 2.05) is 24.4 Å². The lowest BCUT2D eigenvalue weighted by molar-refractivity contribution is 0.211. The quantitative estimate of drug-likeness (QED) is 0.374. The molecule has 1 aliphatic rings. The van der Waals surface area contributed by atoms with E-state index in [9.17, 15) is 5.26 Å². The fraction of sp³-hybridized carbons (Fsp3) is 0.417. The molecule has 1 aromatic heterocycles. The third kappa shape index (κ3) is 5.51. The predicted octanol–water partition coefficient (Wildman–Crippen LogP) is 3.17. The molecule has 3 rings (SSSR count). The number of anilines is 3. The van der Waals surface area contributed by atoms with E-state index in [1.54, 1.807) is 0 Å². The number of nitriles is 2. The minimum atomic E-state index is -0.541. The first-order valence-corrected chi connectivity index (χ1v) is 11.0. The summed E-state index contributed by atoms with van der Waals surface area (Å²) in [4.78, 5) is 11.4. The van der Waals surface area contributed by atoms with Crippen molar-refractivity contribution in [2.45, 2.75) is 40.3 Å².